The summed E-state index contributed by atoms with van der Waals surface area (Å²) in [6.45, 7) is 8.24. The first-order valence-corrected chi connectivity index (χ1v) is 13.4. The monoisotopic (exact) mass is 575 g/mol. The van der Waals surface area contributed by atoms with Crippen molar-refractivity contribution in [1.29, 1.82) is 0 Å². The summed E-state index contributed by atoms with van der Waals surface area (Å²) < 4.78 is 31.7. The number of hydrogen-bond donors (Lipinski definition) is 2. The number of benzene rings is 3. The SMILES string of the molecule is CCc1ccc(NC(=O)c2ccc(CN3CCCN(Cc4cccc(Cl)c4)CC3)cc2)cc1.O=C(O)C(F)(F)F. The topological polar surface area (TPSA) is 72.9 Å². The first-order valence-electron chi connectivity index (χ1n) is 13.0. The number of carbonyl (C=O) groups excluding carboxylic acids is 1. The summed E-state index contributed by atoms with van der Waals surface area (Å²) in [4.78, 5) is 26.5. The average Bonchev–Trinajstić information content (AvgIpc) is 3.14. The van der Waals surface area contributed by atoms with Crippen LogP contribution in [0, 0.1) is 0 Å². The summed E-state index contributed by atoms with van der Waals surface area (Å²) in [7, 11) is 0. The summed E-state index contributed by atoms with van der Waals surface area (Å²) >= 11 is 6.14. The van der Waals surface area contributed by atoms with Crippen molar-refractivity contribution in [2.45, 2.75) is 39.0 Å². The maximum absolute atomic E-state index is 12.6. The summed E-state index contributed by atoms with van der Waals surface area (Å²) in [5.74, 6) is -2.83. The van der Waals surface area contributed by atoms with E-state index < -0.39 is 12.1 Å². The van der Waals surface area contributed by atoms with E-state index in [2.05, 4.69) is 58.4 Å². The molecular weight excluding hydrogens is 543 g/mol. The lowest BCUT2D eigenvalue weighted by Gasteiger charge is -2.22. The highest BCUT2D eigenvalue weighted by molar-refractivity contribution is 6.30. The zero-order valence-corrected chi connectivity index (χ0v) is 23.0. The molecule has 0 atom stereocenters. The van der Waals surface area contributed by atoms with Crippen LogP contribution in [0.25, 0.3) is 0 Å². The van der Waals surface area contributed by atoms with Crippen LogP contribution in [-0.4, -0.2) is 59.1 Å². The molecule has 214 valence electrons. The highest BCUT2D eigenvalue weighted by atomic mass is 35.5. The minimum absolute atomic E-state index is 0.0720. The minimum Gasteiger partial charge on any atom is -0.475 e. The van der Waals surface area contributed by atoms with Gasteiger partial charge >= 0.3 is 12.1 Å². The van der Waals surface area contributed by atoms with Crippen molar-refractivity contribution in [1.82, 2.24) is 9.80 Å². The van der Waals surface area contributed by atoms with Crippen LogP contribution >= 0.6 is 11.6 Å². The molecule has 2 N–H and O–H groups in total. The smallest absolute Gasteiger partial charge is 0.475 e. The molecule has 1 aliphatic rings. The molecule has 1 heterocycles. The largest absolute Gasteiger partial charge is 0.490 e. The van der Waals surface area contributed by atoms with Crippen LogP contribution in [0.15, 0.2) is 72.8 Å². The molecule has 40 heavy (non-hydrogen) atoms. The van der Waals surface area contributed by atoms with Gasteiger partial charge in [0.25, 0.3) is 5.91 Å². The molecule has 3 aromatic carbocycles. The predicted octanol–water partition coefficient (Wildman–Crippen LogP) is 6.50. The Kier molecular flexibility index (Phi) is 11.5. The number of anilines is 1. The van der Waals surface area contributed by atoms with Crippen LogP contribution in [-0.2, 0) is 24.3 Å². The molecule has 0 radical (unpaired) electrons. The molecule has 0 aliphatic carbocycles. The van der Waals surface area contributed by atoms with E-state index >= 15 is 0 Å². The molecule has 1 fully saturated rings. The minimum atomic E-state index is -5.08. The lowest BCUT2D eigenvalue weighted by atomic mass is 10.1. The van der Waals surface area contributed by atoms with Gasteiger partial charge in [-0.05, 0) is 79.0 Å². The molecule has 0 aromatic heterocycles. The van der Waals surface area contributed by atoms with E-state index in [9.17, 15) is 18.0 Å². The van der Waals surface area contributed by atoms with E-state index in [1.807, 2.05) is 36.4 Å². The van der Waals surface area contributed by atoms with Gasteiger partial charge in [-0.15, -0.1) is 0 Å². The lowest BCUT2D eigenvalue weighted by molar-refractivity contribution is -0.192. The fourth-order valence-electron chi connectivity index (χ4n) is 4.28. The number of carboxylic acid groups (broad SMARTS) is 1. The zero-order chi connectivity index (χ0) is 29.1. The number of nitrogens with zero attached hydrogens (tertiary/aromatic N) is 2. The molecule has 1 amide bonds. The number of aryl methyl sites for hydroxylation is 1. The van der Waals surface area contributed by atoms with Gasteiger partial charge in [0, 0.05) is 42.5 Å². The Balaban J connectivity index is 0.000000559. The number of rotatable bonds is 7. The standard InChI is InChI=1S/C28H32ClN3O.C2HF3O2/c1-2-22-9-13-27(14-10-22)30-28(33)25-11-7-23(8-12-25)20-31-15-4-16-32(18-17-31)21-24-5-3-6-26(29)19-24;3-2(4,5)1(6)7/h3,5-14,19H,2,4,15-18,20-21H2,1H3,(H,30,33);(H,6,7). The lowest BCUT2D eigenvalue weighted by Crippen LogP contribution is -2.30. The number of halogens is 4. The molecule has 1 saturated heterocycles. The van der Waals surface area contributed by atoms with Crippen molar-refractivity contribution < 1.29 is 27.9 Å². The number of amides is 1. The summed E-state index contributed by atoms with van der Waals surface area (Å²) in [6, 6.07) is 24.2. The second kappa shape index (κ2) is 14.8. The molecule has 0 spiro atoms. The molecule has 1 aliphatic heterocycles. The van der Waals surface area contributed by atoms with Crippen molar-refractivity contribution in [3.05, 3.63) is 100 Å². The summed E-state index contributed by atoms with van der Waals surface area (Å²) in [5, 5.41) is 10.9. The van der Waals surface area contributed by atoms with Crippen LogP contribution in [0.1, 0.15) is 40.4 Å². The highest BCUT2D eigenvalue weighted by Crippen LogP contribution is 2.17. The Bertz CT molecular complexity index is 1250. The average molecular weight is 576 g/mol. The van der Waals surface area contributed by atoms with Gasteiger partial charge in [0.1, 0.15) is 0 Å². The van der Waals surface area contributed by atoms with Gasteiger partial charge in [-0.3, -0.25) is 14.6 Å². The number of carboxylic acids is 1. The van der Waals surface area contributed by atoms with Gasteiger partial charge in [-0.25, -0.2) is 4.79 Å². The number of aliphatic carboxylic acids is 1. The maximum Gasteiger partial charge on any atom is 0.490 e. The van der Waals surface area contributed by atoms with Crippen molar-refractivity contribution >= 4 is 29.2 Å². The number of carbonyl (C=O) groups is 2. The van der Waals surface area contributed by atoms with Crippen LogP contribution in [0.5, 0.6) is 0 Å². The third kappa shape index (κ3) is 10.3. The second-order valence-corrected chi connectivity index (χ2v) is 9.98. The Labute approximate surface area is 237 Å². The Morgan fingerprint density at radius 2 is 1.40 bits per heavy atom. The van der Waals surface area contributed by atoms with E-state index in [0.29, 0.717) is 5.56 Å². The maximum atomic E-state index is 12.6. The van der Waals surface area contributed by atoms with E-state index in [0.717, 1.165) is 62.8 Å². The third-order valence-electron chi connectivity index (χ3n) is 6.46. The quantitative estimate of drug-likeness (QED) is 0.337. The van der Waals surface area contributed by atoms with Gasteiger partial charge in [-0.1, -0.05) is 54.9 Å². The van der Waals surface area contributed by atoms with Crippen molar-refractivity contribution in [2.24, 2.45) is 0 Å². The fourth-order valence-corrected chi connectivity index (χ4v) is 4.49. The molecule has 3 aromatic rings. The predicted molar refractivity (Wildman–Crippen MR) is 151 cm³/mol. The fraction of sp³-hybridized carbons (Fsp3) is 0.333. The van der Waals surface area contributed by atoms with Crippen molar-refractivity contribution in [3.63, 3.8) is 0 Å². The normalized spacial score (nSPS) is 14.5. The van der Waals surface area contributed by atoms with Gasteiger partial charge < -0.3 is 10.4 Å². The summed E-state index contributed by atoms with van der Waals surface area (Å²) in [5.41, 5.74) is 5.28. The Morgan fingerprint density at radius 1 is 0.850 bits per heavy atom. The molecule has 6 nitrogen and oxygen atoms in total. The third-order valence-corrected chi connectivity index (χ3v) is 6.70. The second-order valence-electron chi connectivity index (χ2n) is 9.54. The highest BCUT2D eigenvalue weighted by Gasteiger charge is 2.38. The number of nitrogens with one attached hydrogen (secondary N) is 1. The van der Waals surface area contributed by atoms with E-state index in [1.165, 1.54) is 16.7 Å². The van der Waals surface area contributed by atoms with E-state index in [1.54, 1.807) is 0 Å². The zero-order valence-electron chi connectivity index (χ0n) is 22.3. The van der Waals surface area contributed by atoms with Gasteiger partial charge in [0.2, 0.25) is 0 Å². The Morgan fingerprint density at radius 3 is 1.93 bits per heavy atom. The van der Waals surface area contributed by atoms with Crippen molar-refractivity contribution in [2.75, 3.05) is 31.5 Å². The van der Waals surface area contributed by atoms with Crippen LogP contribution in [0.3, 0.4) is 0 Å². The number of hydrogen-bond acceptors (Lipinski definition) is 4. The van der Waals surface area contributed by atoms with E-state index in [4.69, 9.17) is 21.5 Å². The molecule has 4 rings (SSSR count). The van der Waals surface area contributed by atoms with Gasteiger partial charge in [-0.2, -0.15) is 13.2 Å². The molecule has 10 heteroatoms. The summed E-state index contributed by atoms with van der Waals surface area (Å²) in [6.07, 6.45) is -2.94. The molecular formula is C30H33ClF3N3O3. The molecule has 0 unspecified atom stereocenters. The van der Waals surface area contributed by atoms with Gasteiger partial charge in [0.15, 0.2) is 0 Å². The number of alkyl halides is 3. The van der Waals surface area contributed by atoms with Gasteiger partial charge in [0.05, 0.1) is 0 Å². The molecule has 0 bridgehead atoms. The first-order chi connectivity index (χ1) is 19.0. The van der Waals surface area contributed by atoms with Crippen LogP contribution in [0.4, 0.5) is 18.9 Å². The Hall–Kier alpha value is -3.40. The molecule has 0 saturated carbocycles. The van der Waals surface area contributed by atoms with Crippen molar-refractivity contribution in [3.8, 4) is 0 Å². The van der Waals surface area contributed by atoms with Crippen LogP contribution < -0.4 is 5.32 Å². The van der Waals surface area contributed by atoms with Crippen LogP contribution in [0.2, 0.25) is 5.02 Å². The first kappa shape index (κ1) is 31.1. The van der Waals surface area contributed by atoms with E-state index in [-0.39, 0.29) is 5.91 Å².